The molecule has 0 aromatic rings. The van der Waals surface area contributed by atoms with Crippen LogP contribution in [0.15, 0.2) is 0 Å². The first-order chi connectivity index (χ1) is 9.78. The Morgan fingerprint density at radius 3 is 2.38 bits per heavy atom. The molecule has 0 unspecified atom stereocenters. The van der Waals surface area contributed by atoms with Crippen LogP contribution in [0.3, 0.4) is 0 Å². The molecule has 2 aliphatic rings. The summed E-state index contributed by atoms with van der Waals surface area (Å²) in [5.41, 5.74) is -0.0188. The minimum absolute atomic E-state index is 0.0188. The van der Waals surface area contributed by atoms with Crippen LogP contribution >= 0.6 is 0 Å². The van der Waals surface area contributed by atoms with Gasteiger partial charge in [0.25, 0.3) is 5.92 Å². The Morgan fingerprint density at radius 2 is 1.95 bits per heavy atom. The maximum atomic E-state index is 12.8. The van der Waals surface area contributed by atoms with Gasteiger partial charge in [-0.15, -0.1) is 0 Å². The molecule has 0 atom stereocenters. The second-order valence-corrected chi connectivity index (χ2v) is 6.75. The Morgan fingerprint density at radius 1 is 1.38 bits per heavy atom. The van der Waals surface area contributed by atoms with Crippen LogP contribution in [-0.2, 0) is 0 Å². The van der Waals surface area contributed by atoms with Crippen LogP contribution < -0.4 is 5.32 Å². The summed E-state index contributed by atoms with van der Waals surface area (Å²) < 4.78 is 25.5. The van der Waals surface area contributed by atoms with E-state index in [9.17, 15) is 13.6 Å². The highest BCUT2D eigenvalue weighted by Gasteiger charge is 2.46. The van der Waals surface area contributed by atoms with Crippen LogP contribution in [0.2, 0.25) is 0 Å². The fourth-order valence-corrected chi connectivity index (χ4v) is 3.30. The summed E-state index contributed by atoms with van der Waals surface area (Å²) in [4.78, 5) is 13.7. The molecule has 2 rings (SSSR count). The number of amides is 2. The quantitative estimate of drug-likeness (QED) is 0.870. The summed E-state index contributed by atoms with van der Waals surface area (Å²) in [5.74, 6) is -2.22. The van der Waals surface area contributed by atoms with Crippen molar-refractivity contribution in [2.45, 2.75) is 57.9 Å². The Hall–Kier alpha value is -1.38. The molecule has 1 saturated carbocycles. The second kappa shape index (κ2) is 5.78. The number of nitriles is 1. The summed E-state index contributed by atoms with van der Waals surface area (Å²) in [6.45, 7) is 5.41. The smallest absolute Gasteiger partial charge is 0.317 e. The lowest BCUT2D eigenvalue weighted by Gasteiger charge is -2.44. The van der Waals surface area contributed by atoms with Crippen molar-refractivity contribution in [3.05, 3.63) is 0 Å². The number of likely N-dealkylation sites (tertiary alicyclic amines) is 1. The molecule has 4 nitrogen and oxygen atoms in total. The van der Waals surface area contributed by atoms with Crippen molar-refractivity contribution in [1.82, 2.24) is 10.2 Å². The molecule has 0 aromatic carbocycles. The molecule has 2 fully saturated rings. The molecular formula is C15H23F2N3O. The zero-order valence-electron chi connectivity index (χ0n) is 12.7. The number of halogens is 2. The van der Waals surface area contributed by atoms with Crippen molar-refractivity contribution < 1.29 is 13.6 Å². The van der Waals surface area contributed by atoms with E-state index in [1.165, 1.54) is 0 Å². The number of rotatable bonds is 3. The number of hydrogen-bond acceptors (Lipinski definition) is 2. The molecule has 0 aromatic heterocycles. The van der Waals surface area contributed by atoms with Crippen molar-refractivity contribution in [3.63, 3.8) is 0 Å². The van der Waals surface area contributed by atoms with E-state index in [0.29, 0.717) is 25.4 Å². The van der Waals surface area contributed by atoms with Crippen molar-refractivity contribution in [2.24, 2.45) is 11.3 Å². The topological polar surface area (TPSA) is 56.1 Å². The van der Waals surface area contributed by atoms with E-state index in [1.807, 2.05) is 0 Å². The fourth-order valence-electron chi connectivity index (χ4n) is 3.30. The standard InChI is InChI=1S/C15H23F2N3O/c1-11(2)14(3-6-18)4-7-20(8-5-14)13(21)19-12-9-15(16,17)10-12/h11-12H,3-5,7-10H2,1-2H3,(H,19,21). The van der Waals surface area contributed by atoms with Gasteiger partial charge in [-0.25, -0.2) is 13.6 Å². The summed E-state index contributed by atoms with van der Waals surface area (Å²) in [7, 11) is 0. The molecular weight excluding hydrogens is 276 g/mol. The first-order valence-corrected chi connectivity index (χ1v) is 7.58. The maximum Gasteiger partial charge on any atom is 0.317 e. The minimum atomic E-state index is -2.61. The summed E-state index contributed by atoms with van der Waals surface area (Å²) in [6, 6.07) is 1.62. The molecule has 1 N–H and O–H groups in total. The van der Waals surface area contributed by atoms with Gasteiger partial charge < -0.3 is 10.2 Å². The molecule has 6 heteroatoms. The number of hydrogen-bond donors (Lipinski definition) is 1. The third-order valence-electron chi connectivity index (χ3n) is 5.12. The van der Waals surface area contributed by atoms with Gasteiger partial charge in [-0.1, -0.05) is 13.8 Å². The van der Waals surface area contributed by atoms with Gasteiger partial charge in [-0.2, -0.15) is 5.26 Å². The van der Waals surface area contributed by atoms with Crippen LogP contribution in [0.25, 0.3) is 0 Å². The highest BCUT2D eigenvalue weighted by molar-refractivity contribution is 5.74. The molecule has 1 aliphatic carbocycles. The lowest BCUT2D eigenvalue weighted by atomic mass is 9.68. The second-order valence-electron chi connectivity index (χ2n) is 6.75. The van der Waals surface area contributed by atoms with Gasteiger partial charge in [-0.05, 0) is 24.2 Å². The Kier molecular flexibility index (Phi) is 4.40. The number of carbonyl (C=O) groups is 1. The van der Waals surface area contributed by atoms with Gasteiger partial charge in [0.2, 0.25) is 0 Å². The van der Waals surface area contributed by atoms with Crippen LogP contribution in [0.1, 0.15) is 46.0 Å². The van der Waals surface area contributed by atoms with Gasteiger partial charge in [0.1, 0.15) is 0 Å². The Bertz CT molecular complexity index is 429. The molecule has 0 radical (unpaired) electrons. The van der Waals surface area contributed by atoms with Crippen molar-refractivity contribution >= 4 is 6.03 Å². The average molecular weight is 299 g/mol. The Balaban J connectivity index is 1.83. The van der Waals surface area contributed by atoms with Crippen LogP contribution in [0, 0.1) is 22.7 Å². The minimum Gasteiger partial charge on any atom is -0.335 e. The highest BCUT2D eigenvalue weighted by Crippen LogP contribution is 2.42. The van der Waals surface area contributed by atoms with Crippen LogP contribution in [0.4, 0.5) is 13.6 Å². The average Bonchev–Trinajstić information content (AvgIpc) is 2.37. The van der Waals surface area contributed by atoms with Crippen molar-refractivity contribution in [3.8, 4) is 6.07 Å². The van der Waals surface area contributed by atoms with E-state index >= 15 is 0 Å². The molecule has 1 aliphatic heterocycles. The molecule has 21 heavy (non-hydrogen) atoms. The monoisotopic (exact) mass is 299 g/mol. The summed E-state index contributed by atoms with van der Waals surface area (Å²) in [5, 5.41) is 11.7. The Labute approximate surface area is 124 Å². The first-order valence-electron chi connectivity index (χ1n) is 7.58. The predicted molar refractivity (Wildman–Crippen MR) is 74.8 cm³/mol. The molecule has 1 heterocycles. The van der Waals surface area contributed by atoms with Gasteiger partial charge >= 0.3 is 6.03 Å². The number of piperidine rings is 1. The molecule has 0 bridgehead atoms. The third-order valence-corrected chi connectivity index (χ3v) is 5.12. The summed E-state index contributed by atoms with van der Waals surface area (Å²) in [6.07, 6.45) is 1.60. The van der Waals surface area contributed by atoms with Gasteiger partial charge in [0.05, 0.1) is 6.07 Å². The first kappa shape index (κ1) is 16.0. The van der Waals surface area contributed by atoms with Crippen LogP contribution in [0.5, 0.6) is 0 Å². The zero-order chi connectivity index (χ0) is 15.7. The number of nitrogens with one attached hydrogen (secondary N) is 1. The number of carbonyl (C=O) groups excluding carboxylic acids is 1. The van der Waals surface area contributed by atoms with Gasteiger partial charge in [0.15, 0.2) is 0 Å². The molecule has 118 valence electrons. The van der Waals surface area contributed by atoms with E-state index in [2.05, 4.69) is 25.2 Å². The van der Waals surface area contributed by atoms with Crippen molar-refractivity contribution in [1.29, 1.82) is 5.26 Å². The van der Waals surface area contributed by atoms with E-state index in [-0.39, 0.29) is 24.3 Å². The number of alkyl halides is 2. The third kappa shape index (κ3) is 3.45. The normalized spacial score (nSPS) is 24.3. The van der Waals surface area contributed by atoms with E-state index < -0.39 is 12.0 Å². The highest BCUT2D eigenvalue weighted by atomic mass is 19.3. The maximum absolute atomic E-state index is 12.8. The van der Waals surface area contributed by atoms with Gasteiger partial charge in [-0.3, -0.25) is 0 Å². The number of nitrogens with zero attached hydrogens (tertiary/aromatic N) is 2. The zero-order valence-corrected chi connectivity index (χ0v) is 12.7. The number of urea groups is 1. The fraction of sp³-hybridized carbons (Fsp3) is 0.867. The van der Waals surface area contributed by atoms with Gasteiger partial charge in [0, 0.05) is 38.4 Å². The predicted octanol–water partition coefficient (Wildman–Crippen LogP) is 3.15. The summed E-state index contributed by atoms with van der Waals surface area (Å²) >= 11 is 0. The lowest BCUT2D eigenvalue weighted by molar-refractivity contribution is -0.0905. The molecule has 2 amide bonds. The lowest BCUT2D eigenvalue weighted by Crippen LogP contribution is -2.56. The molecule has 0 spiro atoms. The van der Waals surface area contributed by atoms with E-state index in [4.69, 9.17) is 5.26 Å². The molecule has 1 saturated heterocycles. The van der Waals surface area contributed by atoms with Crippen molar-refractivity contribution in [2.75, 3.05) is 13.1 Å². The van der Waals surface area contributed by atoms with Crippen LogP contribution in [-0.4, -0.2) is 36.0 Å². The SMILES string of the molecule is CC(C)C1(CC#N)CCN(C(=O)NC2CC(F)(F)C2)CC1. The largest absolute Gasteiger partial charge is 0.335 e. The van der Waals surface area contributed by atoms with E-state index in [1.54, 1.807) is 4.90 Å². The van der Waals surface area contributed by atoms with E-state index in [0.717, 1.165) is 12.8 Å².